The summed E-state index contributed by atoms with van der Waals surface area (Å²) in [5.74, 6) is -0.532. The van der Waals surface area contributed by atoms with E-state index in [1.807, 2.05) is 50.2 Å². The zero-order chi connectivity index (χ0) is 23.7. The van der Waals surface area contributed by atoms with Crippen molar-refractivity contribution < 1.29 is 19.4 Å². The molecular weight excluding hydrogens is 416 g/mol. The molecule has 2 unspecified atom stereocenters. The number of Topliss-reactive ketones (excluding diaryl/α,β-unsaturated/α-hetero) is 1. The van der Waals surface area contributed by atoms with Crippen molar-refractivity contribution >= 4 is 17.4 Å². The lowest BCUT2D eigenvalue weighted by molar-refractivity contribution is -0.140. The molecule has 1 saturated heterocycles. The summed E-state index contributed by atoms with van der Waals surface area (Å²) in [7, 11) is 0. The minimum absolute atomic E-state index is 0.0793. The lowest BCUT2D eigenvalue weighted by Gasteiger charge is -2.28. The number of nitrogens with zero attached hydrogens (tertiary/aromatic N) is 2. The maximum Gasteiger partial charge on any atom is 0.295 e. The number of fused-ring (bicyclic) bond motifs is 1. The van der Waals surface area contributed by atoms with Gasteiger partial charge in [0.2, 0.25) is 0 Å². The molecule has 6 heteroatoms. The second kappa shape index (κ2) is 9.40. The van der Waals surface area contributed by atoms with Crippen LogP contribution in [0.15, 0.2) is 48.0 Å². The fraction of sp³-hybridized carbons (Fsp3) is 0.407. The molecule has 0 bridgehead atoms. The molecule has 2 aliphatic rings. The van der Waals surface area contributed by atoms with Gasteiger partial charge in [-0.25, -0.2) is 0 Å². The number of carbonyl (C=O) groups is 2. The molecule has 0 saturated carbocycles. The topological polar surface area (TPSA) is 70.1 Å². The molecule has 2 atom stereocenters. The number of rotatable bonds is 7. The number of carbonyl (C=O) groups excluding carboxylic acids is 2. The maximum absolute atomic E-state index is 13.2. The number of likely N-dealkylation sites (N-methyl/N-ethyl adjacent to an activating group) is 1. The Labute approximate surface area is 195 Å². The third-order valence-corrected chi connectivity index (χ3v) is 6.65. The van der Waals surface area contributed by atoms with Crippen molar-refractivity contribution in [1.82, 2.24) is 9.80 Å². The maximum atomic E-state index is 13.2. The number of aryl methyl sites for hydroxylation is 1. The Kier molecular flexibility index (Phi) is 6.56. The number of ketones is 1. The summed E-state index contributed by atoms with van der Waals surface area (Å²) >= 11 is 0. The van der Waals surface area contributed by atoms with Crippen LogP contribution in [0.3, 0.4) is 0 Å². The first-order valence-corrected chi connectivity index (χ1v) is 11.7. The molecule has 1 N–H and O–H groups in total. The average molecular weight is 449 g/mol. The molecule has 1 amide bonds. The van der Waals surface area contributed by atoms with E-state index in [2.05, 4.69) is 18.7 Å². The highest BCUT2D eigenvalue weighted by Crippen LogP contribution is 2.40. The fourth-order valence-electron chi connectivity index (χ4n) is 4.72. The molecule has 6 nitrogen and oxygen atoms in total. The number of aliphatic hydroxyl groups is 1. The van der Waals surface area contributed by atoms with Crippen molar-refractivity contribution in [2.24, 2.45) is 0 Å². The molecule has 1 fully saturated rings. The van der Waals surface area contributed by atoms with Gasteiger partial charge in [0.1, 0.15) is 17.6 Å². The van der Waals surface area contributed by atoms with Crippen LogP contribution in [0.25, 0.3) is 5.76 Å². The molecule has 2 aromatic rings. The number of hydrogen-bond acceptors (Lipinski definition) is 5. The molecule has 2 aliphatic heterocycles. The van der Waals surface area contributed by atoms with E-state index < -0.39 is 17.7 Å². The Balaban J connectivity index is 1.77. The highest BCUT2D eigenvalue weighted by molar-refractivity contribution is 6.46. The van der Waals surface area contributed by atoms with E-state index in [0.29, 0.717) is 18.7 Å². The summed E-state index contributed by atoms with van der Waals surface area (Å²) in [5.41, 5.74) is 3.58. The van der Waals surface area contributed by atoms with Crippen molar-refractivity contribution in [1.29, 1.82) is 0 Å². The quantitative estimate of drug-likeness (QED) is 0.393. The molecule has 0 aromatic heterocycles. The lowest BCUT2D eigenvalue weighted by Crippen LogP contribution is -2.38. The summed E-state index contributed by atoms with van der Waals surface area (Å²) in [6.45, 7) is 11.0. The molecule has 0 spiro atoms. The van der Waals surface area contributed by atoms with E-state index in [1.165, 1.54) is 0 Å². The third-order valence-electron chi connectivity index (χ3n) is 6.65. The highest BCUT2D eigenvalue weighted by Gasteiger charge is 2.46. The molecule has 0 radical (unpaired) electrons. The van der Waals surface area contributed by atoms with Crippen LogP contribution < -0.4 is 4.74 Å². The van der Waals surface area contributed by atoms with Gasteiger partial charge in [-0.15, -0.1) is 0 Å². The van der Waals surface area contributed by atoms with Crippen LogP contribution in [0.2, 0.25) is 0 Å². The first kappa shape index (κ1) is 23.1. The van der Waals surface area contributed by atoms with Gasteiger partial charge in [-0.3, -0.25) is 9.59 Å². The van der Waals surface area contributed by atoms with Crippen LogP contribution in [0, 0.1) is 6.92 Å². The molecule has 2 heterocycles. The van der Waals surface area contributed by atoms with Gasteiger partial charge < -0.3 is 19.6 Å². The van der Waals surface area contributed by atoms with Gasteiger partial charge in [-0.2, -0.15) is 0 Å². The SMILES string of the molecule is CCN(CC)CCN1C(=O)C(=O)C(=C(O)c2ccc3c(c2)CC(C)O3)C1c1ccc(C)cc1. The first-order valence-electron chi connectivity index (χ1n) is 11.7. The largest absolute Gasteiger partial charge is 0.507 e. The second-order valence-corrected chi connectivity index (χ2v) is 8.89. The highest BCUT2D eigenvalue weighted by atomic mass is 16.5. The van der Waals surface area contributed by atoms with Crippen LogP contribution >= 0.6 is 0 Å². The molecule has 0 aliphatic carbocycles. The van der Waals surface area contributed by atoms with E-state index in [4.69, 9.17) is 4.74 Å². The van der Waals surface area contributed by atoms with Gasteiger partial charge in [0.25, 0.3) is 11.7 Å². The minimum Gasteiger partial charge on any atom is -0.507 e. The van der Waals surface area contributed by atoms with E-state index in [1.54, 1.807) is 11.0 Å². The number of likely N-dealkylation sites (tertiary alicyclic amines) is 1. The summed E-state index contributed by atoms with van der Waals surface area (Å²) in [6.07, 6.45) is 0.825. The molecule has 33 heavy (non-hydrogen) atoms. The molecule has 2 aromatic carbocycles. The van der Waals surface area contributed by atoms with Gasteiger partial charge in [-0.05, 0) is 56.3 Å². The number of hydrogen-bond donors (Lipinski definition) is 1. The summed E-state index contributed by atoms with van der Waals surface area (Å²) in [4.78, 5) is 30.1. The first-order chi connectivity index (χ1) is 15.8. The standard InChI is InChI=1S/C27H32N2O4/c1-5-28(6-2)13-14-29-24(19-9-7-17(3)8-10-19)23(26(31)27(29)32)25(30)20-11-12-22-21(16-20)15-18(4)33-22/h7-12,16,18,24,30H,5-6,13-15H2,1-4H3. The van der Waals surface area contributed by atoms with Crippen LogP contribution in [0.5, 0.6) is 5.75 Å². The Hall–Kier alpha value is -3.12. The summed E-state index contributed by atoms with van der Waals surface area (Å²) in [5, 5.41) is 11.3. The van der Waals surface area contributed by atoms with Gasteiger partial charge in [0, 0.05) is 25.1 Å². The number of aliphatic hydroxyl groups excluding tert-OH is 1. The van der Waals surface area contributed by atoms with Crippen molar-refractivity contribution in [3.8, 4) is 5.75 Å². The zero-order valence-corrected chi connectivity index (χ0v) is 19.8. The molecule has 4 rings (SSSR count). The second-order valence-electron chi connectivity index (χ2n) is 8.89. The van der Waals surface area contributed by atoms with Crippen molar-refractivity contribution in [2.45, 2.75) is 46.3 Å². The molecular formula is C27H32N2O4. The van der Waals surface area contributed by atoms with E-state index in [0.717, 1.165) is 42.0 Å². The Morgan fingerprint density at radius 3 is 2.48 bits per heavy atom. The Morgan fingerprint density at radius 2 is 1.82 bits per heavy atom. The molecule has 174 valence electrons. The van der Waals surface area contributed by atoms with Gasteiger partial charge in [0.05, 0.1) is 11.6 Å². The monoisotopic (exact) mass is 448 g/mol. The van der Waals surface area contributed by atoms with E-state index in [9.17, 15) is 14.7 Å². The van der Waals surface area contributed by atoms with E-state index in [-0.39, 0.29) is 17.4 Å². The van der Waals surface area contributed by atoms with Crippen LogP contribution in [0.4, 0.5) is 0 Å². The van der Waals surface area contributed by atoms with Crippen molar-refractivity contribution in [3.63, 3.8) is 0 Å². The fourth-order valence-corrected chi connectivity index (χ4v) is 4.72. The van der Waals surface area contributed by atoms with Crippen molar-refractivity contribution in [2.75, 3.05) is 26.2 Å². The van der Waals surface area contributed by atoms with Crippen LogP contribution in [-0.2, 0) is 16.0 Å². The smallest absolute Gasteiger partial charge is 0.295 e. The normalized spacial score (nSPS) is 21.5. The minimum atomic E-state index is -0.636. The number of ether oxygens (including phenoxy) is 1. The van der Waals surface area contributed by atoms with Gasteiger partial charge in [0.15, 0.2) is 0 Å². The summed E-state index contributed by atoms with van der Waals surface area (Å²) < 4.78 is 5.77. The average Bonchev–Trinajstić information content (AvgIpc) is 3.30. The van der Waals surface area contributed by atoms with Crippen molar-refractivity contribution in [3.05, 3.63) is 70.3 Å². The Bertz CT molecular complexity index is 1090. The summed E-state index contributed by atoms with van der Waals surface area (Å²) in [6, 6.07) is 12.6. The van der Waals surface area contributed by atoms with Gasteiger partial charge in [-0.1, -0.05) is 43.7 Å². The third kappa shape index (κ3) is 4.40. The van der Waals surface area contributed by atoms with Crippen LogP contribution in [-0.4, -0.2) is 58.9 Å². The predicted octanol–water partition coefficient (Wildman–Crippen LogP) is 4.08. The predicted molar refractivity (Wildman–Crippen MR) is 128 cm³/mol. The zero-order valence-electron chi connectivity index (χ0n) is 19.8. The van der Waals surface area contributed by atoms with E-state index >= 15 is 0 Å². The van der Waals surface area contributed by atoms with Gasteiger partial charge >= 0.3 is 0 Å². The number of amides is 1. The lowest BCUT2D eigenvalue weighted by atomic mass is 9.94. The number of benzene rings is 2. The Morgan fingerprint density at radius 1 is 1.12 bits per heavy atom. The van der Waals surface area contributed by atoms with Crippen LogP contribution in [0.1, 0.15) is 49.1 Å².